The average Bonchev–Trinajstić information content (AvgIpc) is 2.70. The molecule has 0 aromatic heterocycles. The summed E-state index contributed by atoms with van der Waals surface area (Å²) >= 11 is 0. The molecule has 0 aromatic rings. The zero-order valence-electron chi connectivity index (χ0n) is 19.4. The Morgan fingerprint density at radius 1 is 0.714 bits per heavy atom. The van der Waals surface area contributed by atoms with Crippen molar-refractivity contribution in [1.82, 2.24) is 10.0 Å². The molecule has 6 heteroatoms. The first-order chi connectivity index (χ1) is 13.2. The number of carbonyl (C=O) groups is 2. The average molecular weight is 395 g/mol. The molecule has 0 fully saturated rings. The number of unbranched alkanes of at least 4 members (excludes halogenated alkanes) is 1. The molecule has 0 heterocycles. The van der Waals surface area contributed by atoms with Gasteiger partial charge in [-0.3, -0.25) is 9.59 Å². The molecule has 0 rings (SSSR count). The van der Waals surface area contributed by atoms with E-state index >= 15 is 0 Å². The predicted molar refractivity (Wildman–Crippen MR) is 118 cm³/mol. The van der Waals surface area contributed by atoms with Crippen molar-refractivity contribution in [2.75, 3.05) is 0 Å². The molecule has 0 aliphatic carbocycles. The lowest BCUT2D eigenvalue weighted by atomic mass is 10.1. The molecule has 2 unspecified atom stereocenters. The Morgan fingerprint density at radius 3 is 1.29 bits per heavy atom. The molecule has 0 saturated carbocycles. The number of carbonyl (C=O) groups excluding carboxylic acids is 2. The molecule has 0 aliphatic heterocycles. The fourth-order valence-corrected chi connectivity index (χ4v) is 2.44. The Kier molecular flexibility index (Phi) is 13.4. The van der Waals surface area contributed by atoms with Crippen LogP contribution in [0.25, 0.3) is 0 Å². The molecule has 0 N–H and O–H groups in total. The summed E-state index contributed by atoms with van der Waals surface area (Å²) in [5.41, 5.74) is 1.91. The SMILES string of the molecule is CCC(C)=NN(C(=O)CCCCC(=O)N(N=C(C)CC)C(C)CC)C(C)CC. The minimum absolute atomic E-state index is 0.0354. The van der Waals surface area contributed by atoms with Crippen LogP contribution in [0.2, 0.25) is 0 Å². The second kappa shape index (κ2) is 14.3. The molecular formula is C22H42N4O2. The van der Waals surface area contributed by atoms with Gasteiger partial charge in [0.25, 0.3) is 0 Å². The molecule has 2 atom stereocenters. The zero-order valence-corrected chi connectivity index (χ0v) is 19.4. The van der Waals surface area contributed by atoms with Crippen LogP contribution in [0.15, 0.2) is 10.2 Å². The maximum absolute atomic E-state index is 12.6. The summed E-state index contributed by atoms with van der Waals surface area (Å²) in [4.78, 5) is 25.2. The van der Waals surface area contributed by atoms with Gasteiger partial charge in [-0.2, -0.15) is 10.2 Å². The summed E-state index contributed by atoms with van der Waals surface area (Å²) in [6, 6.07) is 0.172. The van der Waals surface area contributed by atoms with Crippen molar-refractivity contribution >= 4 is 23.2 Å². The van der Waals surface area contributed by atoms with E-state index < -0.39 is 0 Å². The van der Waals surface area contributed by atoms with Crippen molar-refractivity contribution < 1.29 is 9.59 Å². The van der Waals surface area contributed by atoms with E-state index in [2.05, 4.69) is 24.1 Å². The molecule has 0 saturated heterocycles. The maximum atomic E-state index is 12.6. The van der Waals surface area contributed by atoms with Crippen LogP contribution < -0.4 is 0 Å². The lowest BCUT2D eigenvalue weighted by Gasteiger charge is -2.25. The lowest BCUT2D eigenvalue weighted by molar-refractivity contribution is -0.135. The Balaban J connectivity index is 4.76. The van der Waals surface area contributed by atoms with Gasteiger partial charge >= 0.3 is 0 Å². The smallest absolute Gasteiger partial charge is 0.242 e. The monoisotopic (exact) mass is 394 g/mol. The van der Waals surface area contributed by atoms with E-state index in [1.54, 1.807) is 10.0 Å². The summed E-state index contributed by atoms with van der Waals surface area (Å²) in [6.07, 6.45) is 5.59. The first-order valence-electron chi connectivity index (χ1n) is 10.9. The van der Waals surface area contributed by atoms with Crippen LogP contribution in [-0.2, 0) is 9.59 Å². The van der Waals surface area contributed by atoms with Gasteiger partial charge in [0.05, 0.1) is 12.1 Å². The van der Waals surface area contributed by atoms with Crippen LogP contribution in [0.4, 0.5) is 0 Å². The fraction of sp³-hybridized carbons (Fsp3) is 0.818. The van der Waals surface area contributed by atoms with Crippen molar-refractivity contribution in [3.8, 4) is 0 Å². The van der Waals surface area contributed by atoms with E-state index in [-0.39, 0.29) is 23.9 Å². The summed E-state index contributed by atoms with van der Waals surface area (Å²) in [5, 5.41) is 12.2. The third-order valence-corrected chi connectivity index (χ3v) is 5.14. The van der Waals surface area contributed by atoms with Crippen LogP contribution in [0.1, 0.15) is 107 Å². The van der Waals surface area contributed by atoms with E-state index in [1.165, 1.54) is 0 Å². The number of hydrogen-bond acceptors (Lipinski definition) is 4. The molecule has 0 aromatic carbocycles. The second-order valence-electron chi connectivity index (χ2n) is 7.58. The third kappa shape index (κ3) is 9.47. The Hall–Kier alpha value is -1.72. The second-order valence-corrected chi connectivity index (χ2v) is 7.58. The van der Waals surface area contributed by atoms with Gasteiger partial charge in [-0.1, -0.05) is 27.7 Å². The third-order valence-electron chi connectivity index (χ3n) is 5.14. The van der Waals surface area contributed by atoms with Gasteiger partial charge in [0.1, 0.15) is 0 Å². The highest BCUT2D eigenvalue weighted by atomic mass is 16.2. The number of amides is 2. The summed E-state index contributed by atoms with van der Waals surface area (Å²) < 4.78 is 0. The van der Waals surface area contributed by atoms with Crippen molar-refractivity contribution in [3.63, 3.8) is 0 Å². The van der Waals surface area contributed by atoms with E-state index in [0.29, 0.717) is 25.7 Å². The van der Waals surface area contributed by atoms with Gasteiger partial charge < -0.3 is 0 Å². The maximum Gasteiger partial charge on any atom is 0.242 e. The molecule has 2 amide bonds. The zero-order chi connectivity index (χ0) is 21.7. The lowest BCUT2D eigenvalue weighted by Crippen LogP contribution is -2.35. The summed E-state index contributed by atoms with van der Waals surface area (Å²) in [5.74, 6) is 0.0708. The number of rotatable bonds is 13. The van der Waals surface area contributed by atoms with Crippen LogP contribution in [0.5, 0.6) is 0 Å². The topological polar surface area (TPSA) is 65.3 Å². The number of hydrazone groups is 2. The summed E-state index contributed by atoms with van der Waals surface area (Å²) in [7, 11) is 0. The first kappa shape index (κ1) is 26.3. The van der Waals surface area contributed by atoms with Crippen LogP contribution in [0, 0.1) is 0 Å². The molecule has 0 spiro atoms. The van der Waals surface area contributed by atoms with Crippen LogP contribution >= 0.6 is 0 Å². The molecule has 28 heavy (non-hydrogen) atoms. The van der Waals surface area contributed by atoms with E-state index in [9.17, 15) is 9.59 Å². The van der Waals surface area contributed by atoms with E-state index in [4.69, 9.17) is 0 Å². The highest BCUT2D eigenvalue weighted by Crippen LogP contribution is 2.14. The van der Waals surface area contributed by atoms with Gasteiger partial charge in [0.2, 0.25) is 11.8 Å². The standard InChI is InChI=1S/C22H42N4O2/c1-9-17(5)23-25(19(7)11-3)21(27)15-13-14-16-22(28)26(20(8)12-4)24-18(6)10-2/h19-20H,9-16H2,1-8H3. The van der Waals surface area contributed by atoms with Gasteiger partial charge in [0, 0.05) is 24.3 Å². The summed E-state index contributed by atoms with van der Waals surface area (Å²) in [6.45, 7) is 16.1. The predicted octanol–water partition coefficient (Wildman–Crippen LogP) is 5.37. The van der Waals surface area contributed by atoms with Gasteiger partial charge in [-0.25, -0.2) is 10.0 Å². The Morgan fingerprint density at radius 2 is 1.04 bits per heavy atom. The van der Waals surface area contributed by atoms with Crippen LogP contribution in [-0.4, -0.2) is 45.3 Å². The largest absolute Gasteiger partial charge is 0.273 e. The highest BCUT2D eigenvalue weighted by Gasteiger charge is 2.20. The van der Waals surface area contributed by atoms with Crippen molar-refractivity contribution in [2.24, 2.45) is 10.2 Å². The molecule has 6 nitrogen and oxygen atoms in total. The van der Waals surface area contributed by atoms with Crippen molar-refractivity contribution in [2.45, 2.75) is 119 Å². The molecule has 0 radical (unpaired) electrons. The highest BCUT2D eigenvalue weighted by molar-refractivity contribution is 5.85. The van der Waals surface area contributed by atoms with Gasteiger partial charge in [-0.05, 0) is 66.2 Å². The number of nitrogens with zero attached hydrogens (tertiary/aromatic N) is 4. The van der Waals surface area contributed by atoms with Gasteiger partial charge in [-0.15, -0.1) is 0 Å². The van der Waals surface area contributed by atoms with E-state index in [1.807, 2.05) is 41.5 Å². The van der Waals surface area contributed by atoms with Gasteiger partial charge in [0.15, 0.2) is 0 Å². The normalized spacial score (nSPS) is 14.6. The van der Waals surface area contributed by atoms with Crippen LogP contribution in [0.3, 0.4) is 0 Å². The molecule has 162 valence electrons. The fourth-order valence-electron chi connectivity index (χ4n) is 2.44. The Bertz CT molecular complexity index is 495. The van der Waals surface area contributed by atoms with Crippen molar-refractivity contribution in [1.29, 1.82) is 0 Å². The van der Waals surface area contributed by atoms with Crippen molar-refractivity contribution in [3.05, 3.63) is 0 Å². The molecule has 0 aliphatic rings. The minimum atomic E-state index is 0.0354. The number of hydrogen-bond donors (Lipinski definition) is 0. The van der Waals surface area contributed by atoms with E-state index in [0.717, 1.165) is 37.1 Å². The Labute approximate surface area is 172 Å². The quantitative estimate of drug-likeness (QED) is 0.239. The minimum Gasteiger partial charge on any atom is -0.273 e. The molecule has 0 bridgehead atoms. The first-order valence-corrected chi connectivity index (χ1v) is 10.9. The molecular weight excluding hydrogens is 352 g/mol.